The van der Waals surface area contributed by atoms with Crippen LogP contribution in [0.25, 0.3) is 16.9 Å². The Kier molecular flexibility index (Phi) is 4.24. The Balaban J connectivity index is 1.63. The number of thioether (sulfide) groups is 1. The molecule has 1 saturated heterocycles. The summed E-state index contributed by atoms with van der Waals surface area (Å²) in [7, 11) is 1.85. The van der Waals surface area contributed by atoms with E-state index >= 15 is 0 Å². The SMILES string of the molecule is CN1C(=O)CS[C@H]1c1cn(-c2ccccc2)nc1-c1ccc2c(c1)OCCO2. The zero-order chi connectivity index (χ0) is 19.1. The van der Waals surface area contributed by atoms with Gasteiger partial charge in [0.2, 0.25) is 5.91 Å². The number of amides is 1. The third-order valence-corrected chi connectivity index (χ3v) is 6.25. The Morgan fingerprint density at radius 1 is 1.07 bits per heavy atom. The number of ether oxygens (including phenoxy) is 2. The molecule has 28 heavy (non-hydrogen) atoms. The highest BCUT2D eigenvalue weighted by molar-refractivity contribution is 8.00. The van der Waals surface area contributed by atoms with Gasteiger partial charge in [-0.3, -0.25) is 4.79 Å². The van der Waals surface area contributed by atoms with Crippen molar-refractivity contribution in [2.24, 2.45) is 0 Å². The molecule has 0 radical (unpaired) electrons. The minimum Gasteiger partial charge on any atom is -0.486 e. The molecule has 0 bridgehead atoms. The Morgan fingerprint density at radius 3 is 2.61 bits per heavy atom. The fourth-order valence-electron chi connectivity index (χ4n) is 3.49. The number of hydrogen-bond acceptors (Lipinski definition) is 5. The molecule has 1 aromatic heterocycles. The average Bonchev–Trinajstić information content (AvgIpc) is 3.32. The molecule has 7 heteroatoms. The lowest BCUT2D eigenvalue weighted by Gasteiger charge is -2.20. The maximum atomic E-state index is 12.1. The van der Waals surface area contributed by atoms with E-state index in [0.29, 0.717) is 19.0 Å². The lowest BCUT2D eigenvalue weighted by atomic mass is 10.1. The van der Waals surface area contributed by atoms with E-state index in [9.17, 15) is 4.79 Å². The Hall–Kier alpha value is -2.93. The number of nitrogens with zero attached hydrogens (tertiary/aromatic N) is 3. The van der Waals surface area contributed by atoms with Gasteiger partial charge in [-0.05, 0) is 30.3 Å². The zero-order valence-electron chi connectivity index (χ0n) is 15.4. The minimum absolute atomic E-state index is 0.0619. The number of benzene rings is 2. The van der Waals surface area contributed by atoms with Gasteiger partial charge in [0.15, 0.2) is 11.5 Å². The molecule has 0 N–H and O–H groups in total. The van der Waals surface area contributed by atoms with Gasteiger partial charge in [-0.1, -0.05) is 18.2 Å². The molecule has 1 amide bonds. The Bertz CT molecular complexity index is 1030. The summed E-state index contributed by atoms with van der Waals surface area (Å²) >= 11 is 1.62. The van der Waals surface area contributed by atoms with Crippen LogP contribution >= 0.6 is 11.8 Å². The summed E-state index contributed by atoms with van der Waals surface area (Å²) in [5.74, 6) is 2.10. The molecule has 0 aliphatic carbocycles. The predicted octanol–water partition coefficient (Wildman–Crippen LogP) is 3.51. The average molecular weight is 393 g/mol. The lowest BCUT2D eigenvalue weighted by molar-refractivity contribution is -0.126. The molecule has 0 saturated carbocycles. The summed E-state index contributed by atoms with van der Waals surface area (Å²) in [6.45, 7) is 1.10. The molecule has 142 valence electrons. The van der Waals surface area contributed by atoms with Crippen LogP contribution in [0, 0.1) is 0 Å². The molecule has 2 aliphatic rings. The summed E-state index contributed by atoms with van der Waals surface area (Å²) < 4.78 is 13.3. The lowest BCUT2D eigenvalue weighted by Crippen LogP contribution is -2.23. The number of carbonyl (C=O) groups excluding carboxylic acids is 1. The first-order chi connectivity index (χ1) is 13.7. The van der Waals surface area contributed by atoms with Crippen molar-refractivity contribution in [2.75, 3.05) is 26.0 Å². The summed E-state index contributed by atoms with van der Waals surface area (Å²) in [6, 6.07) is 15.9. The predicted molar refractivity (Wildman–Crippen MR) is 108 cm³/mol. The van der Waals surface area contributed by atoms with Crippen molar-refractivity contribution in [3.05, 3.63) is 60.3 Å². The number of fused-ring (bicyclic) bond motifs is 1. The van der Waals surface area contributed by atoms with E-state index in [1.807, 2.05) is 66.5 Å². The highest BCUT2D eigenvalue weighted by atomic mass is 32.2. The standard InChI is InChI=1S/C21H19N3O3S/c1-23-19(25)13-28-21(23)16-12-24(15-5-3-2-4-6-15)22-20(16)14-7-8-17-18(11-14)27-10-9-26-17/h2-8,11-12,21H,9-10,13H2,1H3/t21-/m0/s1. The van der Waals surface area contributed by atoms with Crippen molar-refractivity contribution in [2.45, 2.75) is 5.37 Å². The molecule has 5 rings (SSSR count). The van der Waals surface area contributed by atoms with Crippen LogP contribution in [0.2, 0.25) is 0 Å². The van der Waals surface area contributed by atoms with Crippen LogP contribution in [-0.2, 0) is 4.79 Å². The number of hydrogen-bond donors (Lipinski definition) is 0. The normalized spacial score (nSPS) is 18.5. The third kappa shape index (κ3) is 2.92. The first-order valence-corrected chi connectivity index (χ1v) is 10.2. The van der Waals surface area contributed by atoms with Gasteiger partial charge < -0.3 is 14.4 Å². The van der Waals surface area contributed by atoms with Crippen molar-refractivity contribution in [1.82, 2.24) is 14.7 Å². The largest absolute Gasteiger partial charge is 0.486 e. The van der Waals surface area contributed by atoms with Gasteiger partial charge in [0, 0.05) is 24.4 Å². The second-order valence-corrected chi connectivity index (χ2v) is 7.81. The molecule has 1 fully saturated rings. The van der Waals surface area contributed by atoms with Crippen molar-refractivity contribution in [3.63, 3.8) is 0 Å². The highest BCUT2D eigenvalue weighted by Gasteiger charge is 2.33. The molecular formula is C21H19N3O3S. The summed E-state index contributed by atoms with van der Waals surface area (Å²) in [5.41, 5.74) is 3.78. The molecule has 3 heterocycles. The second-order valence-electron chi connectivity index (χ2n) is 6.74. The second kappa shape index (κ2) is 6.91. The van der Waals surface area contributed by atoms with Gasteiger partial charge in [0.05, 0.1) is 17.1 Å². The molecule has 0 spiro atoms. The van der Waals surface area contributed by atoms with E-state index in [2.05, 4.69) is 0 Å². The van der Waals surface area contributed by atoms with Crippen LogP contribution in [0.5, 0.6) is 11.5 Å². The van der Waals surface area contributed by atoms with Crippen LogP contribution in [-0.4, -0.2) is 46.6 Å². The van der Waals surface area contributed by atoms with Gasteiger partial charge in [-0.15, -0.1) is 11.8 Å². The summed E-state index contributed by atoms with van der Waals surface area (Å²) in [6.07, 6.45) is 2.02. The Labute approximate surface area is 167 Å². The first kappa shape index (κ1) is 17.2. The summed E-state index contributed by atoms with van der Waals surface area (Å²) in [5, 5.41) is 4.81. The van der Waals surface area contributed by atoms with Crippen molar-refractivity contribution >= 4 is 17.7 Å². The quantitative estimate of drug-likeness (QED) is 0.682. The van der Waals surface area contributed by atoms with Gasteiger partial charge >= 0.3 is 0 Å². The first-order valence-electron chi connectivity index (χ1n) is 9.13. The molecule has 2 aromatic carbocycles. The number of carbonyl (C=O) groups is 1. The number of aromatic nitrogens is 2. The Morgan fingerprint density at radius 2 is 1.86 bits per heavy atom. The maximum Gasteiger partial charge on any atom is 0.233 e. The van der Waals surface area contributed by atoms with Crippen molar-refractivity contribution in [3.8, 4) is 28.4 Å². The minimum atomic E-state index is -0.0619. The monoisotopic (exact) mass is 393 g/mol. The van der Waals surface area contributed by atoms with E-state index in [0.717, 1.165) is 34.0 Å². The fourth-order valence-corrected chi connectivity index (χ4v) is 4.69. The van der Waals surface area contributed by atoms with Crippen LogP contribution < -0.4 is 9.47 Å². The van der Waals surface area contributed by atoms with E-state index in [-0.39, 0.29) is 11.3 Å². The van der Waals surface area contributed by atoms with Gasteiger partial charge in [-0.2, -0.15) is 5.10 Å². The van der Waals surface area contributed by atoms with Crippen molar-refractivity contribution in [1.29, 1.82) is 0 Å². The van der Waals surface area contributed by atoms with E-state index < -0.39 is 0 Å². The number of para-hydroxylation sites is 1. The third-order valence-electron chi connectivity index (χ3n) is 4.95. The summed E-state index contributed by atoms with van der Waals surface area (Å²) in [4.78, 5) is 13.9. The zero-order valence-corrected chi connectivity index (χ0v) is 16.2. The van der Waals surface area contributed by atoms with Gasteiger partial charge in [0.25, 0.3) is 0 Å². The molecule has 2 aliphatic heterocycles. The van der Waals surface area contributed by atoms with E-state index in [1.54, 1.807) is 16.7 Å². The van der Waals surface area contributed by atoms with E-state index in [4.69, 9.17) is 14.6 Å². The molecule has 0 unspecified atom stereocenters. The maximum absolute atomic E-state index is 12.1. The van der Waals surface area contributed by atoms with Crippen LogP contribution in [0.4, 0.5) is 0 Å². The fraction of sp³-hybridized carbons (Fsp3) is 0.238. The highest BCUT2D eigenvalue weighted by Crippen LogP contribution is 2.43. The van der Waals surface area contributed by atoms with Crippen LogP contribution in [0.1, 0.15) is 10.9 Å². The molecular weight excluding hydrogens is 374 g/mol. The van der Waals surface area contributed by atoms with Crippen LogP contribution in [0.3, 0.4) is 0 Å². The molecule has 6 nitrogen and oxygen atoms in total. The van der Waals surface area contributed by atoms with Crippen LogP contribution in [0.15, 0.2) is 54.7 Å². The van der Waals surface area contributed by atoms with Crippen molar-refractivity contribution < 1.29 is 14.3 Å². The van der Waals surface area contributed by atoms with Gasteiger partial charge in [0.1, 0.15) is 18.6 Å². The van der Waals surface area contributed by atoms with Gasteiger partial charge in [-0.25, -0.2) is 4.68 Å². The molecule has 1 atom stereocenters. The smallest absolute Gasteiger partial charge is 0.233 e. The topological polar surface area (TPSA) is 56.6 Å². The molecule has 3 aromatic rings. The van der Waals surface area contributed by atoms with E-state index in [1.165, 1.54) is 0 Å². The number of rotatable bonds is 3.